The highest BCUT2D eigenvalue weighted by Crippen LogP contribution is 2.33. The topological polar surface area (TPSA) is 9.23 Å². The zero-order valence-electron chi connectivity index (χ0n) is 12.3. The molecular formula is C14H29IOSi. The zero-order valence-corrected chi connectivity index (χ0v) is 15.7. The number of hydrogen-bond donors (Lipinski definition) is 0. The first-order valence-electron chi connectivity index (χ1n) is 6.81. The Morgan fingerprint density at radius 3 is 2.29 bits per heavy atom. The number of hydrogen-bond acceptors (Lipinski definition) is 1. The fourth-order valence-corrected chi connectivity index (χ4v) is 4.29. The van der Waals surface area contributed by atoms with Crippen LogP contribution >= 0.6 is 22.6 Å². The Labute approximate surface area is 123 Å². The van der Waals surface area contributed by atoms with Crippen LogP contribution in [0.1, 0.15) is 53.4 Å². The second-order valence-corrected chi connectivity index (χ2v) is 9.50. The summed E-state index contributed by atoms with van der Waals surface area (Å²) < 4.78 is 6.98. The molecule has 0 saturated heterocycles. The highest BCUT2D eigenvalue weighted by molar-refractivity contribution is 14.1. The lowest BCUT2D eigenvalue weighted by Crippen LogP contribution is -2.19. The fraction of sp³-hybridized carbons (Fsp3) is 0.857. The van der Waals surface area contributed by atoms with Crippen LogP contribution in [0.5, 0.6) is 0 Å². The van der Waals surface area contributed by atoms with E-state index in [1.54, 1.807) is 0 Å². The van der Waals surface area contributed by atoms with Gasteiger partial charge in [0.05, 0.1) is 0 Å². The highest BCUT2D eigenvalue weighted by Gasteiger charge is 2.22. The van der Waals surface area contributed by atoms with Gasteiger partial charge in [-0.3, -0.25) is 0 Å². The average molecular weight is 368 g/mol. The predicted molar refractivity (Wildman–Crippen MR) is 89.2 cm³/mol. The molecule has 0 aliphatic heterocycles. The van der Waals surface area contributed by atoms with Crippen LogP contribution in [0.2, 0.25) is 13.1 Å². The first-order chi connectivity index (χ1) is 7.77. The van der Waals surface area contributed by atoms with Gasteiger partial charge in [-0.25, -0.2) is 0 Å². The molecule has 0 saturated carbocycles. The van der Waals surface area contributed by atoms with Crippen LogP contribution in [0.4, 0.5) is 0 Å². The van der Waals surface area contributed by atoms with Gasteiger partial charge in [-0.15, -0.1) is 0 Å². The quantitative estimate of drug-likeness (QED) is 0.249. The molecule has 0 aliphatic rings. The average Bonchev–Trinajstić information content (AvgIpc) is 2.13. The maximum Gasteiger partial charge on any atom is 0.230 e. The molecule has 0 rings (SSSR count). The van der Waals surface area contributed by atoms with E-state index in [-0.39, 0.29) is 0 Å². The molecular weight excluding hydrogens is 339 g/mol. The molecule has 0 aromatic carbocycles. The molecule has 1 atom stereocenters. The van der Waals surface area contributed by atoms with Gasteiger partial charge in [0.15, 0.2) is 0 Å². The van der Waals surface area contributed by atoms with Crippen LogP contribution < -0.4 is 0 Å². The molecule has 0 spiro atoms. The van der Waals surface area contributed by atoms with Crippen molar-refractivity contribution >= 4 is 31.6 Å². The third-order valence-corrected chi connectivity index (χ3v) is 4.73. The Hall–Kier alpha value is 0.487. The van der Waals surface area contributed by atoms with E-state index >= 15 is 0 Å². The summed E-state index contributed by atoms with van der Waals surface area (Å²) in [6.45, 7) is 13.7. The van der Waals surface area contributed by atoms with Crippen LogP contribution in [0.15, 0.2) is 9.84 Å². The molecule has 0 fully saturated rings. The minimum atomic E-state index is -0.950. The molecule has 1 unspecified atom stereocenters. The summed E-state index contributed by atoms with van der Waals surface area (Å²) in [7, 11) is -0.950. The smallest absolute Gasteiger partial charge is 0.230 e. The van der Waals surface area contributed by atoms with Gasteiger partial charge < -0.3 is 4.43 Å². The molecule has 0 bridgehead atoms. The standard InChI is InChI=1S/C14H29IOSi/c1-7-8-9-10-12(14(2,3)4)11-13(15)16-17(5)6/h11-12,17H,7-10H2,1-6H3/b13-11-. The lowest BCUT2D eigenvalue weighted by atomic mass is 9.78. The summed E-state index contributed by atoms with van der Waals surface area (Å²) in [5.41, 5.74) is 0.339. The minimum Gasteiger partial charge on any atom is -0.543 e. The first-order valence-corrected chi connectivity index (χ1v) is 10.7. The van der Waals surface area contributed by atoms with Crippen molar-refractivity contribution in [3.05, 3.63) is 9.84 Å². The summed E-state index contributed by atoms with van der Waals surface area (Å²) in [6.07, 6.45) is 7.61. The van der Waals surface area contributed by atoms with Crippen LogP contribution in [-0.4, -0.2) is 9.04 Å². The van der Waals surface area contributed by atoms with Crippen molar-refractivity contribution in [1.82, 2.24) is 0 Å². The lowest BCUT2D eigenvalue weighted by molar-refractivity contribution is 0.267. The van der Waals surface area contributed by atoms with Crippen LogP contribution in [-0.2, 0) is 4.43 Å². The van der Waals surface area contributed by atoms with Gasteiger partial charge in [0.1, 0.15) is 3.77 Å². The summed E-state index contributed by atoms with van der Waals surface area (Å²) in [6, 6.07) is 0. The molecule has 0 aromatic heterocycles. The van der Waals surface area contributed by atoms with Crippen LogP contribution in [0, 0.1) is 11.3 Å². The van der Waals surface area contributed by atoms with Crippen molar-refractivity contribution in [2.24, 2.45) is 11.3 Å². The summed E-state index contributed by atoms with van der Waals surface area (Å²) in [5, 5.41) is 0. The molecule has 102 valence electrons. The molecule has 0 N–H and O–H groups in total. The molecule has 0 radical (unpaired) electrons. The number of rotatable bonds is 7. The summed E-state index contributed by atoms with van der Waals surface area (Å²) in [4.78, 5) is 0. The normalized spacial score (nSPS) is 15.2. The van der Waals surface area contributed by atoms with Crippen molar-refractivity contribution in [2.75, 3.05) is 0 Å². The van der Waals surface area contributed by atoms with Gasteiger partial charge >= 0.3 is 0 Å². The lowest BCUT2D eigenvalue weighted by Gasteiger charge is -2.29. The third kappa shape index (κ3) is 9.11. The van der Waals surface area contributed by atoms with E-state index in [0.29, 0.717) is 11.3 Å². The molecule has 0 aliphatic carbocycles. The third-order valence-electron chi connectivity index (χ3n) is 2.91. The van der Waals surface area contributed by atoms with Crippen molar-refractivity contribution in [2.45, 2.75) is 66.5 Å². The molecule has 3 heteroatoms. The number of halogens is 1. The SMILES string of the molecule is CCCCCC(/C=C(/I)O[SiH](C)C)C(C)(C)C. The monoisotopic (exact) mass is 368 g/mol. The molecule has 0 amide bonds. The number of allylic oxidation sites excluding steroid dienone is 1. The van der Waals surface area contributed by atoms with Gasteiger partial charge in [0.2, 0.25) is 9.04 Å². The maximum atomic E-state index is 5.87. The maximum absolute atomic E-state index is 5.87. The highest BCUT2D eigenvalue weighted by atomic mass is 127. The second kappa shape index (κ2) is 8.56. The Morgan fingerprint density at radius 1 is 1.29 bits per heavy atom. The van der Waals surface area contributed by atoms with E-state index < -0.39 is 9.04 Å². The minimum absolute atomic E-state index is 0.339. The van der Waals surface area contributed by atoms with E-state index in [0.717, 1.165) is 3.77 Å². The molecule has 0 heterocycles. The number of unbranched alkanes of at least 4 members (excludes halogenated alkanes) is 2. The van der Waals surface area contributed by atoms with E-state index in [1.807, 2.05) is 0 Å². The van der Waals surface area contributed by atoms with E-state index in [9.17, 15) is 0 Å². The van der Waals surface area contributed by atoms with E-state index in [2.05, 4.69) is 69.5 Å². The van der Waals surface area contributed by atoms with Crippen LogP contribution in [0.25, 0.3) is 0 Å². The fourth-order valence-electron chi connectivity index (χ4n) is 1.80. The zero-order chi connectivity index (χ0) is 13.5. The molecule has 1 nitrogen and oxygen atoms in total. The largest absolute Gasteiger partial charge is 0.543 e. The Kier molecular flexibility index (Phi) is 8.81. The van der Waals surface area contributed by atoms with Gasteiger partial charge in [-0.1, -0.05) is 47.0 Å². The summed E-state index contributed by atoms with van der Waals surface area (Å²) >= 11 is 2.35. The van der Waals surface area contributed by atoms with Crippen molar-refractivity contribution in [3.8, 4) is 0 Å². The van der Waals surface area contributed by atoms with Gasteiger partial charge in [0, 0.05) is 0 Å². The van der Waals surface area contributed by atoms with Gasteiger partial charge in [-0.05, 0) is 59.5 Å². The van der Waals surface area contributed by atoms with Crippen LogP contribution in [0.3, 0.4) is 0 Å². The Morgan fingerprint density at radius 2 is 1.88 bits per heavy atom. The predicted octanol–water partition coefficient (Wildman–Crippen LogP) is 5.51. The van der Waals surface area contributed by atoms with Gasteiger partial charge in [0.25, 0.3) is 0 Å². The van der Waals surface area contributed by atoms with Crippen molar-refractivity contribution in [3.63, 3.8) is 0 Å². The Bertz CT molecular complexity index is 231. The second-order valence-electron chi connectivity index (χ2n) is 6.11. The molecule has 0 aromatic rings. The Balaban J connectivity index is 4.48. The van der Waals surface area contributed by atoms with Gasteiger partial charge in [-0.2, -0.15) is 0 Å². The van der Waals surface area contributed by atoms with E-state index in [1.165, 1.54) is 25.7 Å². The first kappa shape index (κ1) is 17.5. The van der Waals surface area contributed by atoms with E-state index in [4.69, 9.17) is 4.43 Å². The van der Waals surface area contributed by atoms with Crippen molar-refractivity contribution < 1.29 is 4.43 Å². The summed E-state index contributed by atoms with van der Waals surface area (Å²) in [5.74, 6) is 0.633. The molecule has 17 heavy (non-hydrogen) atoms. The van der Waals surface area contributed by atoms with Crippen molar-refractivity contribution in [1.29, 1.82) is 0 Å².